The van der Waals surface area contributed by atoms with Gasteiger partial charge in [0.1, 0.15) is 0 Å². The van der Waals surface area contributed by atoms with E-state index in [1.165, 1.54) is 18.2 Å². The second-order valence-electron chi connectivity index (χ2n) is 3.77. The van der Waals surface area contributed by atoms with Crippen molar-refractivity contribution in [2.75, 3.05) is 0 Å². The lowest BCUT2D eigenvalue weighted by molar-refractivity contribution is 0.151. The van der Waals surface area contributed by atoms with E-state index in [0.29, 0.717) is 5.02 Å². The third kappa shape index (κ3) is 2.64. The number of hydrogen-bond donors (Lipinski definition) is 1. The topological polar surface area (TPSA) is 56.6 Å². The predicted molar refractivity (Wildman–Crippen MR) is 67.2 cm³/mol. The van der Waals surface area contributed by atoms with Crippen LogP contribution in [-0.4, -0.2) is 4.98 Å². The van der Waals surface area contributed by atoms with Gasteiger partial charge in [-0.2, -0.15) is 5.26 Å². The van der Waals surface area contributed by atoms with Crippen molar-refractivity contribution in [1.29, 1.82) is 5.26 Å². The highest BCUT2D eigenvalue weighted by atomic mass is 35.5. The number of aromatic amines is 1. The predicted octanol–water partition coefficient (Wildman–Crippen LogP) is 3.50. The quantitative estimate of drug-likeness (QED) is 0.915. The van der Waals surface area contributed by atoms with E-state index >= 15 is 0 Å². The molecule has 2 rings (SSSR count). The molecule has 0 saturated carbocycles. The largest absolute Gasteiger partial charge is 0.329 e. The van der Waals surface area contributed by atoms with Crippen molar-refractivity contribution in [3.63, 3.8) is 0 Å². The lowest BCUT2D eigenvalue weighted by Crippen LogP contribution is -2.07. The van der Waals surface area contributed by atoms with Crippen LogP contribution < -0.4 is 5.56 Å². The lowest BCUT2D eigenvalue weighted by Gasteiger charge is -2.10. The number of aromatic nitrogens is 1. The number of hydrogen-bond acceptors (Lipinski definition) is 2. The number of H-pyrrole nitrogens is 1. The molecular weight excluding hydrogens is 274 g/mol. The van der Waals surface area contributed by atoms with Crippen LogP contribution in [0.5, 0.6) is 0 Å². The van der Waals surface area contributed by atoms with Crippen LogP contribution in [-0.2, 0) is 0 Å². The Morgan fingerprint density at radius 1 is 1.26 bits per heavy atom. The van der Waals surface area contributed by atoms with Gasteiger partial charge in [-0.15, -0.1) is 0 Å². The molecule has 0 radical (unpaired) electrons. The number of benzene rings is 1. The van der Waals surface area contributed by atoms with Crippen LogP contribution in [0.1, 0.15) is 17.6 Å². The second kappa shape index (κ2) is 5.21. The number of alkyl halides is 2. The van der Waals surface area contributed by atoms with E-state index in [1.807, 2.05) is 6.07 Å². The SMILES string of the molecule is N#Cc1ccc(Cl)cc1-c1cc(=O)[nH]cc1C(F)F. The summed E-state index contributed by atoms with van der Waals surface area (Å²) >= 11 is 5.81. The summed E-state index contributed by atoms with van der Waals surface area (Å²) in [5, 5.41) is 9.30. The van der Waals surface area contributed by atoms with Crippen molar-refractivity contribution >= 4 is 11.6 Å². The van der Waals surface area contributed by atoms with Gasteiger partial charge < -0.3 is 4.98 Å². The molecule has 1 N–H and O–H groups in total. The van der Waals surface area contributed by atoms with Gasteiger partial charge in [-0.3, -0.25) is 4.79 Å². The van der Waals surface area contributed by atoms with Crippen LogP contribution in [0.15, 0.2) is 35.3 Å². The standard InChI is InChI=1S/C13H7ClF2N2O/c14-8-2-1-7(5-17)9(3-8)10-4-12(19)18-6-11(10)13(15)16/h1-4,6,13H,(H,18,19). The molecule has 0 fully saturated rings. The molecule has 1 aromatic carbocycles. The molecule has 0 amide bonds. The van der Waals surface area contributed by atoms with Gasteiger partial charge in [-0.25, -0.2) is 8.78 Å². The van der Waals surface area contributed by atoms with Crippen molar-refractivity contribution < 1.29 is 8.78 Å². The van der Waals surface area contributed by atoms with E-state index in [4.69, 9.17) is 16.9 Å². The first-order valence-electron chi connectivity index (χ1n) is 5.23. The molecule has 1 aromatic heterocycles. The Labute approximate surface area is 112 Å². The van der Waals surface area contributed by atoms with Crippen LogP contribution in [0.25, 0.3) is 11.1 Å². The first-order chi connectivity index (χ1) is 9.02. The number of nitrogens with one attached hydrogen (secondary N) is 1. The van der Waals surface area contributed by atoms with Crippen molar-refractivity contribution in [3.8, 4) is 17.2 Å². The van der Waals surface area contributed by atoms with Crippen LogP contribution in [0.3, 0.4) is 0 Å². The zero-order valence-corrected chi connectivity index (χ0v) is 10.2. The minimum atomic E-state index is -2.77. The van der Waals surface area contributed by atoms with Gasteiger partial charge in [0, 0.05) is 28.4 Å². The minimum Gasteiger partial charge on any atom is -0.329 e. The average molecular weight is 281 g/mol. The summed E-state index contributed by atoms with van der Waals surface area (Å²) in [6.45, 7) is 0. The zero-order valence-electron chi connectivity index (χ0n) is 9.45. The molecule has 3 nitrogen and oxygen atoms in total. The fourth-order valence-corrected chi connectivity index (χ4v) is 1.91. The maximum absolute atomic E-state index is 12.9. The molecule has 2 aromatic rings. The Balaban J connectivity index is 2.78. The summed E-state index contributed by atoms with van der Waals surface area (Å²) in [6.07, 6.45) is -1.82. The van der Waals surface area contributed by atoms with E-state index in [-0.39, 0.29) is 22.3 Å². The smallest absolute Gasteiger partial charge is 0.265 e. The maximum Gasteiger partial charge on any atom is 0.265 e. The molecule has 0 aliphatic rings. The zero-order chi connectivity index (χ0) is 14.0. The van der Waals surface area contributed by atoms with Crippen molar-refractivity contribution in [1.82, 2.24) is 4.98 Å². The molecule has 1 heterocycles. The van der Waals surface area contributed by atoms with E-state index < -0.39 is 12.0 Å². The van der Waals surface area contributed by atoms with Gasteiger partial charge in [0.15, 0.2) is 0 Å². The molecule has 0 saturated heterocycles. The molecule has 0 aliphatic heterocycles. The molecule has 6 heteroatoms. The minimum absolute atomic E-state index is 0.0119. The Hall–Kier alpha value is -2.19. The van der Waals surface area contributed by atoms with Gasteiger partial charge in [0.25, 0.3) is 6.43 Å². The summed E-state index contributed by atoms with van der Waals surface area (Å²) < 4.78 is 25.9. The number of nitrogens with zero attached hydrogens (tertiary/aromatic N) is 1. The molecule has 96 valence electrons. The Kier molecular flexibility index (Phi) is 3.63. The molecule has 0 atom stereocenters. The van der Waals surface area contributed by atoms with E-state index in [1.54, 1.807) is 0 Å². The summed E-state index contributed by atoms with van der Waals surface area (Å²) in [6, 6.07) is 7.23. The van der Waals surface area contributed by atoms with Crippen LogP contribution in [0, 0.1) is 11.3 Å². The van der Waals surface area contributed by atoms with Gasteiger partial charge >= 0.3 is 0 Å². The Bertz CT molecular complexity index is 719. The molecule has 19 heavy (non-hydrogen) atoms. The van der Waals surface area contributed by atoms with Gasteiger partial charge in [0.05, 0.1) is 11.6 Å². The molecule has 0 aliphatic carbocycles. The highest BCUT2D eigenvalue weighted by molar-refractivity contribution is 6.30. The molecule has 0 bridgehead atoms. The molecular formula is C13H7ClF2N2O. The number of rotatable bonds is 2. The summed E-state index contributed by atoms with van der Waals surface area (Å²) in [4.78, 5) is 13.5. The van der Waals surface area contributed by atoms with Crippen molar-refractivity contribution in [3.05, 3.63) is 57.0 Å². The van der Waals surface area contributed by atoms with Crippen LogP contribution in [0.4, 0.5) is 8.78 Å². The summed E-state index contributed by atoms with van der Waals surface area (Å²) in [5.41, 5.74) is -0.465. The van der Waals surface area contributed by atoms with Crippen LogP contribution in [0.2, 0.25) is 5.02 Å². The van der Waals surface area contributed by atoms with E-state index in [2.05, 4.69) is 4.98 Å². The highest BCUT2D eigenvalue weighted by Crippen LogP contribution is 2.32. The third-order valence-electron chi connectivity index (χ3n) is 2.58. The fourth-order valence-electron chi connectivity index (χ4n) is 1.73. The average Bonchev–Trinajstić information content (AvgIpc) is 2.38. The first kappa shape index (κ1) is 13.2. The highest BCUT2D eigenvalue weighted by Gasteiger charge is 2.17. The van der Waals surface area contributed by atoms with Gasteiger partial charge in [0.2, 0.25) is 5.56 Å². The monoisotopic (exact) mass is 280 g/mol. The summed E-state index contributed by atoms with van der Waals surface area (Å²) in [7, 11) is 0. The van der Waals surface area contributed by atoms with Gasteiger partial charge in [-0.1, -0.05) is 11.6 Å². The lowest BCUT2D eigenvalue weighted by atomic mass is 9.97. The molecule has 0 spiro atoms. The van der Waals surface area contributed by atoms with Crippen molar-refractivity contribution in [2.45, 2.75) is 6.43 Å². The summed E-state index contributed by atoms with van der Waals surface area (Å²) in [5.74, 6) is 0. The number of halogens is 3. The van der Waals surface area contributed by atoms with E-state index in [0.717, 1.165) is 12.3 Å². The van der Waals surface area contributed by atoms with E-state index in [9.17, 15) is 13.6 Å². The Morgan fingerprint density at radius 2 is 2.00 bits per heavy atom. The fraction of sp³-hybridized carbons (Fsp3) is 0.0769. The van der Waals surface area contributed by atoms with Gasteiger partial charge in [-0.05, 0) is 23.8 Å². The number of pyridine rings is 1. The van der Waals surface area contributed by atoms with Crippen molar-refractivity contribution in [2.24, 2.45) is 0 Å². The first-order valence-corrected chi connectivity index (χ1v) is 5.61. The number of nitriles is 1. The second-order valence-corrected chi connectivity index (χ2v) is 4.21. The maximum atomic E-state index is 12.9. The third-order valence-corrected chi connectivity index (χ3v) is 2.82. The Morgan fingerprint density at radius 3 is 2.63 bits per heavy atom. The normalized spacial score (nSPS) is 10.5. The molecule has 0 unspecified atom stereocenters. The van der Waals surface area contributed by atoms with Crippen LogP contribution >= 0.6 is 11.6 Å².